The third-order valence-electron chi connectivity index (χ3n) is 2.83. The highest BCUT2D eigenvalue weighted by Gasteiger charge is 2.43. The van der Waals surface area contributed by atoms with Crippen LogP contribution in [0.2, 0.25) is 0 Å². The molecule has 3 N–H and O–H groups in total. The predicted molar refractivity (Wildman–Crippen MR) is 45.4 cm³/mol. The number of aliphatic hydroxyl groups is 2. The number of carbonyl (C=O) groups is 1. The third kappa shape index (κ3) is 1.76. The fourth-order valence-electron chi connectivity index (χ4n) is 1.72. The summed E-state index contributed by atoms with van der Waals surface area (Å²) in [5.41, 5.74) is -0.493. The summed E-state index contributed by atoms with van der Waals surface area (Å²) in [7, 11) is 0. The molecule has 2 unspecified atom stereocenters. The number of nitrogens with zero attached hydrogens (tertiary/aromatic N) is 1. The van der Waals surface area contributed by atoms with E-state index in [1.54, 1.807) is 6.92 Å². The number of rotatable bonds is 2. The molecule has 1 rings (SSSR count). The largest absolute Gasteiger partial charge is 0.465 e. The van der Waals surface area contributed by atoms with Gasteiger partial charge in [-0.1, -0.05) is 6.92 Å². The van der Waals surface area contributed by atoms with Gasteiger partial charge >= 0.3 is 6.09 Å². The summed E-state index contributed by atoms with van der Waals surface area (Å²) in [6, 6.07) is 0. The molecule has 5 nitrogen and oxygen atoms in total. The Balaban J connectivity index is 2.72. The zero-order valence-corrected chi connectivity index (χ0v) is 7.60. The van der Waals surface area contributed by atoms with Gasteiger partial charge in [0.15, 0.2) is 0 Å². The average molecular weight is 189 g/mol. The number of carboxylic acid groups (broad SMARTS) is 1. The van der Waals surface area contributed by atoms with E-state index in [1.165, 1.54) is 4.90 Å². The molecule has 0 aliphatic carbocycles. The van der Waals surface area contributed by atoms with E-state index >= 15 is 0 Å². The lowest BCUT2D eigenvalue weighted by atomic mass is 9.81. The molecule has 0 aromatic heterocycles. The predicted octanol–water partition coefficient (Wildman–Crippen LogP) is -0.413. The minimum Gasteiger partial charge on any atom is -0.465 e. The lowest BCUT2D eigenvalue weighted by Crippen LogP contribution is -2.33. The van der Waals surface area contributed by atoms with Crippen LogP contribution in [0.5, 0.6) is 0 Å². The van der Waals surface area contributed by atoms with Crippen molar-refractivity contribution in [3.63, 3.8) is 0 Å². The van der Waals surface area contributed by atoms with Crippen molar-refractivity contribution >= 4 is 6.09 Å². The average Bonchev–Trinajstić information content (AvgIpc) is 2.44. The summed E-state index contributed by atoms with van der Waals surface area (Å²) in [4.78, 5) is 11.9. The lowest BCUT2D eigenvalue weighted by molar-refractivity contribution is 0.0777. The van der Waals surface area contributed by atoms with E-state index in [9.17, 15) is 4.79 Å². The molecule has 0 bridgehead atoms. The van der Waals surface area contributed by atoms with Gasteiger partial charge in [-0.3, -0.25) is 0 Å². The highest BCUT2D eigenvalue weighted by atomic mass is 16.4. The van der Waals surface area contributed by atoms with Crippen LogP contribution in [0.3, 0.4) is 0 Å². The molecule has 1 aliphatic heterocycles. The van der Waals surface area contributed by atoms with Gasteiger partial charge in [-0.15, -0.1) is 0 Å². The Hall–Kier alpha value is -0.810. The van der Waals surface area contributed by atoms with Crippen LogP contribution in [-0.2, 0) is 0 Å². The zero-order valence-electron chi connectivity index (χ0n) is 7.60. The molecule has 2 atom stereocenters. The van der Waals surface area contributed by atoms with Crippen LogP contribution in [0.25, 0.3) is 0 Å². The summed E-state index contributed by atoms with van der Waals surface area (Å²) in [5, 5.41) is 26.8. The summed E-state index contributed by atoms with van der Waals surface area (Å²) in [6.07, 6.45) is -0.990. The van der Waals surface area contributed by atoms with Crippen molar-refractivity contribution in [3.05, 3.63) is 0 Å². The molecule has 1 heterocycles. The SMILES string of the molecule is CC1(CO)CN(C(=O)O)CC1CO. The maximum atomic E-state index is 10.6. The second-order valence-electron chi connectivity index (χ2n) is 3.85. The van der Waals surface area contributed by atoms with E-state index in [2.05, 4.69) is 0 Å². The standard InChI is InChI=1S/C8H15NO4/c1-8(5-11)4-9(7(12)13)2-6(8)3-10/h6,10-11H,2-5H2,1H3,(H,12,13). The van der Waals surface area contributed by atoms with Crippen LogP contribution in [0.1, 0.15) is 6.92 Å². The van der Waals surface area contributed by atoms with Crippen LogP contribution in [-0.4, -0.2) is 52.6 Å². The van der Waals surface area contributed by atoms with Crippen molar-refractivity contribution in [1.29, 1.82) is 0 Å². The maximum Gasteiger partial charge on any atom is 0.407 e. The highest BCUT2D eigenvalue weighted by Crippen LogP contribution is 2.34. The van der Waals surface area contributed by atoms with Crippen molar-refractivity contribution in [2.75, 3.05) is 26.3 Å². The van der Waals surface area contributed by atoms with Crippen molar-refractivity contribution in [3.8, 4) is 0 Å². The molecule has 0 radical (unpaired) electrons. The smallest absolute Gasteiger partial charge is 0.407 e. The van der Waals surface area contributed by atoms with E-state index in [0.717, 1.165) is 0 Å². The van der Waals surface area contributed by atoms with Crippen LogP contribution >= 0.6 is 0 Å². The first kappa shape index (κ1) is 10.3. The number of likely N-dealkylation sites (tertiary alicyclic amines) is 1. The first-order valence-electron chi connectivity index (χ1n) is 4.23. The van der Waals surface area contributed by atoms with E-state index in [1.807, 2.05) is 0 Å². The maximum absolute atomic E-state index is 10.6. The Labute approximate surface area is 76.6 Å². The third-order valence-corrected chi connectivity index (χ3v) is 2.83. The molecule has 76 valence electrons. The molecule has 1 amide bonds. The lowest BCUT2D eigenvalue weighted by Gasteiger charge is -2.25. The summed E-state index contributed by atoms with van der Waals surface area (Å²) >= 11 is 0. The molecule has 5 heteroatoms. The normalized spacial score (nSPS) is 33.8. The van der Waals surface area contributed by atoms with E-state index in [4.69, 9.17) is 15.3 Å². The van der Waals surface area contributed by atoms with Crippen molar-refractivity contribution < 1.29 is 20.1 Å². The minimum atomic E-state index is -0.990. The van der Waals surface area contributed by atoms with E-state index < -0.39 is 11.5 Å². The van der Waals surface area contributed by atoms with E-state index in [0.29, 0.717) is 13.1 Å². The van der Waals surface area contributed by atoms with Crippen LogP contribution in [0, 0.1) is 11.3 Å². The summed E-state index contributed by atoms with van der Waals surface area (Å²) in [6.45, 7) is 2.21. The van der Waals surface area contributed by atoms with Gasteiger partial charge in [-0.05, 0) is 0 Å². The fourth-order valence-corrected chi connectivity index (χ4v) is 1.72. The van der Waals surface area contributed by atoms with Gasteiger partial charge in [0.05, 0.1) is 6.61 Å². The van der Waals surface area contributed by atoms with E-state index in [-0.39, 0.29) is 19.1 Å². The first-order valence-corrected chi connectivity index (χ1v) is 4.23. The molecular formula is C8H15NO4. The van der Waals surface area contributed by atoms with Gasteiger partial charge < -0.3 is 20.2 Å². The Morgan fingerprint density at radius 3 is 2.54 bits per heavy atom. The molecule has 0 saturated carbocycles. The van der Waals surface area contributed by atoms with Crippen molar-refractivity contribution in [1.82, 2.24) is 4.90 Å². The number of hydrogen-bond acceptors (Lipinski definition) is 3. The quantitative estimate of drug-likeness (QED) is 0.551. The molecule has 1 saturated heterocycles. The Morgan fingerprint density at radius 1 is 1.62 bits per heavy atom. The van der Waals surface area contributed by atoms with Gasteiger partial charge in [0.2, 0.25) is 0 Å². The van der Waals surface area contributed by atoms with Gasteiger partial charge in [0.1, 0.15) is 0 Å². The highest BCUT2D eigenvalue weighted by molar-refractivity contribution is 5.65. The van der Waals surface area contributed by atoms with Crippen molar-refractivity contribution in [2.24, 2.45) is 11.3 Å². The van der Waals surface area contributed by atoms with Gasteiger partial charge in [-0.25, -0.2) is 4.79 Å². The summed E-state index contributed by atoms with van der Waals surface area (Å²) in [5.74, 6) is -0.159. The van der Waals surface area contributed by atoms with Crippen LogP contribution in [0.15, 0.2) is 0 Å². The molecule has 13 heavy (non-hydrogen) atoms. The Morgan fingerprint density at radius 2 is 2.23 bits per heavy atom. The Kier molecular flexibility index (Phi) is 2.77. The number of amides is 1. The topological polar surface area (TPSA) is 81.0 Å². The zero-order chi connectivity index (χ0) is 10.1. The van der Waals surface area contributed by atoms with Crippen LogP contribution < -0.4 is 0 Å². The van der Waals surface area contributed by atoms with Crippen LogP contribution in [0.4, 0.5) is 4.79 Å². The summed E-state index contributed by atoms with van der Waals surface area (Å²) < 4.78 is 0. The first-order chi connectivity index (χ1) is 6.03. The van der Waals surface area contributed by atoms with Gasteiger partial charge in [0.25, 0.3) is 0 Å². The molecule has 0 aromatic carbocycles. The number of hydrogen-bond donors (Lipinski definition) is 3. The fraction of sp³-hybridized carbons (Fsp3) is 0.875. The second kappa shape index (κ2) is 3.51. The van der Waals surface area contributed by atoms with Gasteiger partial charge in [-0.2, -0.15) is 0 Å². The molecule has 0 spiro atoms. The van der Waals surface area contributed by atoms with Crippen molar-refractivity contribution in [2.45, 2.75) is 6.92 Å². The van der Waals surface area contributed by atoms with Gasteiger partial charge in [0, 0.05) is 31.0 Å². The Bertz CT molecular complexity index is 208. The number of aliphatic hydroxyl groups excluding tert-OH is 2. The molecular weight excluding hydrogens is 174 g/mol. The molecule has 1 aliphatic rings. The molecule has 1 fully saturated rings. The second-order valence-corrected chi connectivity index (χ2v) is 3.85. The minimum absolute atomic E-state index is 0.0825. The monoisotopic (exact) mass is 189 g/mol. The molecule has 0 aromatic rings.